The van der Waals surface area contributed by atoms with Gasteiger partial charge in [0.15, 0.2) is 6.10 Å². The maximum absolute atomic E-state index is 13.0. The highest BCUT2D eigenvalue weighted by molar-refractivity contribution is 5.71. The number of ether oxygens (including phenoxy) is 3. The lowest BCUT2D eigenvalue weighted by molar-refractivity contribution is -0.167. The molecule has 0 aromatic rings. The number of carbonyl (C=O) groups is 3. The van der Waals surface area contributed by atoms with Crippen LogP contribution in [0, 0.1) is 0 Å². The fraction of sp³-hybridized carbons (Fsp3) is 0.883. The van der Waals surface area contributed by atoms with Crippen LogP contribution < -0.4 is 0 Å². The number of unbranched alkanes of at least 4 members (excludes halogenated alkanes) is 53. The van der Waals surface area contributed by atoms with Crippen LogP contribution in [0.15, 0.2) is 36.5 Å². The van der Waals surface area contributed by atoms with Crippen LogP contribution in [-0.4, -0.2) is 37.2 Å². The topological polar surface area (TPSA) is 78.9 Å². The Labute approximate surface area is 518 Å². The van der Waals surface area contributed by atoms with Crippen LogP contribution in [-0.2, 0) is 28.6 Å². The van der Waals surface area contributed by atoms with Crippen molar-refractivity contribution in [2.24, 2.45) is 0 Å². The largest absolute Gasteiger partial charge is 0.462 e. The van der Waals surface area contributed by atoms with Crippen molar-refractivity contribution in [3.05, 3.63) is 36.5 Å². The molecular formula is C77H144O6. The van der Waals surface area contributed by atoms with Crippen molar-refractivity contribution >= 4 is 17.9 Å². The predicted octanol–water partition coefficient (Wildman–Crippen LogP) is 25.9. The van der Waals surface area contributed by atoms with Gasteiger partial charge in [0.1, 0.15) is 13.2 Å². The van der Waals surface area contributed by atoms with Crippen molar-refractivity contribution in [1.29, 1.82) is 0 Å². The molecule has 0 saturated heterocycles. The average Bonchev–Trinajstić information content (AvgIpc) is 3.50. The first-order valence-electron chi connectivity index (χ1n) is 37.5. The molecule has 0 saturated carbocycles. The van der Waals surface area contributed by atoms with E-state index in [-0.39, 0.29) is 31.1 Å². The van der Waals surface area contributed by atoms with Gasteiger partial charge in [-0.15, -0.1) is 0 Å². The lowest BCUT2D eigenvalue weighted by Crippen LogP contribution is -2.30. The summed E-state index contributed by atoms with van der Waals surface area (Å²) in [5.41, 5.74) is 0. The molecule has 0 N–H and O–H groups in total. The van der Waals surface area contributed by atoms with E-state index in [1.54, 1.807) is 0 Å². The van der Waals surface area contributed by atoms with Crippen molar-refractivity contribution in [2.45, 2.75) is 425 Å². The van der Waals surface area contributed by atoms with Crippen molar-refractivity contribution in [3.63, 3.8) is 0 Å². The number of esters is 3. The van der Waals surface area contributed by atoms with Gasteiger partial charge in [0.2, 0.25) is 0 Å². The van der Waals surface area contributed by atoms with Gasteiger partial charge in [-0.1, -0.05) is 359 Å². The van der Waals surface area contributed by atoms with E-state index in [1.807, 2.05) is 0 Å². The summed E-state index contributed by atoms with van der Waals surface area (Å²) in [5, 5.41) is 0. The number of rotatable bonds is 70. The predicted molar refractivity (Wildman–Crippen MR) is 362 cm³/mol. The molecule has 0 fully saturated rings. The lowest BCUT2D eigenvalue weighted by Gasteiger charge is -2.18. The Morgan fingerprint density at radius 1 is 0.241 bits per heavy atom. The molecule has 0 aliphatic carbocycles. The van der Waals surface area contributed by atoms with E-state index in [2.05, 4.69) is 57.2 Å². The average molecular weight is 1170 g/mol. The molecule has 0 aliphatic heterocycles. The zero-order valence-corrected chi connectivity index (χ0v) is 56.2. The molecule has 0 bridgehead atoms. The van der Waals surface area contributed by atoms with Crippen LogP contribution in [0.25, 0.3) is 0 Å². The zero-order valence-electron chi connectivity index (χ0n) is 56.2. The Morgan fingerprint density at radius 2 is 0.434 bits per heavy atom. The lowest BCUT2D eigenvalue weighted by atomic mass is 10.0. The molecule has 0 heterocycles. The van der Waals surface area contributed by atoms with Crippen molar-refractivity contribution in [1.82, 2.24) is 0 Å². The molecule has 0 aromatic heterocycles. The second kappa shape index (κ2) is 72.1. The summed E-state index contributed by atoms with van der Waals surface area (Å²) < 4.78 is 17.0. The number of hydrogen-bond donors (Lipinski definition) is 0. The summed E-state index contributed by atoms with van der Waals surface area (Å²) in [7, 11) is 0. The third-order valence-corrected chi connectivity index (χ3v) is 17.1. The molecule has 6 nitrogen and oxygen atoms in total. The van der Waals surface area contributed by atoms with E-state index in [1.165, 1.54) is 308 Å². The van der Waals surface area contributed by atoms with Crippen LogP contribution in [0.2, 0.25) is 0 Å². The monoisotopic (exact) mass is 1170 g/mol. The maximum atomic E-state index is 13.0. The van der Waals surface area contributed by atoms with Crippen LogP contribution in [0.5, 0.6) is 0 Å². The minimum absolute atomic E-state index is 0.0697. The van der Waals surface area contributed by atoms with Crippen molar-refractivity contribution in [2.75, 3.05) is 13.2 Å². The minimum Gasteiger partial charge on any atom is -0.462 e. The molecule has 0 radical (unpaired) electrons. The van der Waals surface area contributed by atoms with Gasteiger partial charge >= 0.3 is 17.9 Å². The van der Waals surface area contributed by atoms with E-state index in [0.717, 1.165) is 70.6 Å². The van der Waals surface area contributed by atoms with Gasteiger partial charge < -0.3 is 14.2 Å². The first-order valence-corrected chi connectivity index (χ1v) is 37.5. The Hall–Kier alpha value is -2.37. The van der Waals surface area contributed by atoms with E-state index >= 15 is 0 Å². The standard InChI is InChI=1S/C77H144O6/c1-4-7-10-13-16-19-22-25-28-31-34-36-38-40-41-43-46-49-52-55-58-61-64-67-70-76(79)82-73-74(72-81-75(78)69-66-63-60-57-54-51-48-45-33-30-27-24-21-18-15-12-9-6-3)83-77(80)71-68-65-62-59-56-53-50-47-44-42-39-37-35-32-29-26-23-20-17-14-11-8-5-2/h21,24,30,32-33,35,74H,4-20,22-23,25-29,31,34,36-73H2,1-3H3/b24-21-,33-30-,35-32-. The molecule has 0 spiro atoms. The van der Waals surface area contributed by atoms with Gasteiger partial charge in [-0.25, -0.2) is 0 Å². The normalized spacial score (nSPS) is 12.2. The van der Waals surface area contributed by atoms with Gasteiger partial charge in [0.25, 0.3) is 0 Å². The molecule has 0 amide bonds. The summed E-state index contributed by atoms with van der Waals surface area (Å²) in [6.07, 6.45) is 90.4. The van der Waals surface area contributed by atoms with Crippen LogP contribution in [0.4, 0.5) is 0 Å². The van der Waals surface area contributed by atoms with Crippen LogP contribution in [0.1, 0.15) is 419 Å². The van der Waals surface area contributed by atoms with Crippen molar-refractivity contribution in [3.8, 4) is 0 Å². The summed E-state index contributed by atoms with van der Waals surface area (Å²) in [6, 6.07) is 0. The summed E-state index contributed by atoms with van der Waals surface area (Å²) >= 11 is 0. The molecule has 1 unspecified atom stereocenters. The molecule has 0 aromatic carbocycles. The van der Waals surface area contributed by atoms with Crippen LogP contribution in [0.3, 0.4) is 0 Å². The number of hydrogen-bond acceptors (Lipinski definition) is 6. The van der Waals surface area contributed by atoms with E-state index in [9.17, 15) is 14.4 Å². The second-order valence-electron chi connectivity index (χ2n) is 25.6. The summed E-state index contributed by atoms with van der Waals surface area (Å²) in [6.45, 7) is 6.70. The third kappa shape index (κ3) is 70.3. The van der Waals surface area contributed by atoms with Crippen LogP contribution >= 0.6 is 0 Å². The third-order valence-electron chi connectivity index (χ3n) is 17.1. The molecule has 6 heteroatoms. The molecule has 1 atom stereocenters. The first-order chi connectivity index (χ1) is 41.0. The van der Waals surface area contributed by atoms with Crippen molar-refractivity contribution < 1.29 is 28.6 Å². The summed E-state index contributed by atoms with van der Waals surface area (Å²) in [4.78, 5) is 38.6. The molecule has 0 rings (SSSR count). The SMILES string of the molecule is CCCCCC/C=C\C/C=C\CCCCCCCCCC(=O)OCC(COC(=O)CCCCCCCCCCCCCCCCCCCCCCCCCC)OC(=O)CCCCCCCCCCCCC/C=C\CCCCCCCCCC. The number of allylic oxidation sites excluding steroid dienone is 6. The Morgan fingerprint density at radius 3 is 0.687 bits per heavy atom. The smallest absolute Gasteiger partial charge is 0.306 e. The molecule has 83 heavy (non-hydrogen) atoms. The number of carbonyl (C=O) groups excluding carboxylic acids is 3. The maximum Gasteiger partial charge on any atom is 0.306 e. The molecule has 0 aliphatic rings. The van der Waals surface area contributed by atoms with Gasteiger partial charge in [0.05, 0.1) is 0 Å². The highest BCUT2D eigenvalue weighted by Crippen LogP contribution is 2.19. The van der Waals surface area contributed by atoms with Gasteiger partial charge in [0, 0.05) is 19.3 Å². The van der Waals surface area contributed by atoms with E-state index in [4.69, 9.17) is 14.2 Å². The van der Waals surface area contributed by atoms with Gasteiger partial charge in [-0.05, 0) is 77.0 Å². The summed E-state index contributed by atoms with van der Waals surface area (Å²) in [5.74, 6) is -0.846. The van der Waals surface area contributed by atoms with E-state index in [0.29, 0.717) is 19.3 Å². The molecular weight excluding hydrogens is 1020 g/mol. The Balaban J connectivity index is 4.30. The highest BCUT2D eigenvalue weighted by atomic mass is 16.6. The zero-order chi connectivity index (χ0) is 59.9. The fourth-order valence-electron chi connectivity index (χ4n) is 11.5. The van der Waals surface area contributed by atoms with E-state index < -0.39 is 6.10 Å². The fourth-order valence-corrected chi connectivity index (χ4v) is 11.5. The van der Waals surface area contributed by atoms with Gasteiger partial charge in [-0.2, -0.15) is 0 Å². The first kappa shape index (κ1) is 80.6. The Kier molecular flexibility index (Phi) is 70.0. The second-order valence-corrected chi connectivity index (χ2v) is 25.6. The Bertz CT molecular complexity index is 1380. The minimum atomic E-state index is -0.776. The van der Waals surface area contributed by atoms with Gasteiger partial charge in [-0.3, -0.25) is 14.4 Å². The highest BCUT2D eigenvalue weighted by Gasteiger charge is 2.20. The molecule has 488 valence electrons. The quantitative estimate of drug-likeness (QED) is 0.0261.